The van der Waals surface area contributed by atoms with Gasteiger partial charge in [0.05, 0.1) is 0 Å². The first-order valence-corrected chi connectivity index (χ1v) is 8.31. The summed E-state index contributed by atoms with van der Waals surface area (Å²) in [7, 11) is 0. The lowest BCUT2D eigenvalue weighted by atomic mass is 9.91. The van der Waals surface area contributed by atoms with Crippen LogP contribution in [0.3, 0.4) is 0 Å². The summed E-state index contributed by atoms with van der Waals surface area (Å²) in [6.07, 6.45) is 8.95. The quantitative estimate of drug-likeness (QED) is 0.908. The molecule has 2 atom stereocenters. The van der Waals surface area contributed by atoms with E-state index in [1.807, 2.05) is 17.2 Å². The van der Waals surface area contributed by atoms with Crippen molar-refractivity contribution in [3.63, 3.8) is 0 Å². The van der Waals surface area contributed by atoms with Gasteiger partial charge in [-0.1, -0.05) is 6.07 Å². The Balaban J connectivity index is 1.39. The van der Waals surface area contributed by atoms with E-state index in [-0.39, 0.29) is 11.9 Å². The number of hydrogen-bond acceptors (Lipinski definition) is 4. The summed E-state index contributed by atoms with van der Waals surface area (Å²) < 4.78 is 0. The van der Waals surface area contributed by atoms with Gasteiger partial charge in [0.15, 0.2) is 0 Å². The van der Waals surface area contributed by atoms with E-state index in [0.29, 0.717) is 17.9 Å². The van der Waals surface area contributed by atoms with Crippen molar-refractivity contribution < 1.29 is 10.0 Å². The van der Waals surface area contributed by atoms with E-state index >= 15 is 0 Å². The summed E-state index contributed by atoms with van der Waals surface area (Å²) in [4.78, 5) is 18.8. The molecule has 5 nitrogen and oxygen atoms in total. The molecular weight excluding hydrogens is 278 g/mol. The van der Waals surface area contributed by atoms with E-state index in [1.54, 1.807) is 6.20 Å². The van der Waals surface area contributed by atoms with Crippen LogP contribution < -0.4 is 0 Å². The van der Waals surface area contributed by atoms with Crippen LogP contribution in [0.1, 0.15) is 43.6 Å². The van der Waals surface area contributed by atoms with Crippen molar-refractivity contribution >= 4 is 5.91 Å². The van der Waals surface area contributed by atoms with E-state index in [2.05, 4.69) is 11.1 Å². The maximum Gasteiger partial charge on any atom is 0.242 e. The van der Waals surface area contributed by atoms with Crippen LogP contribution in [-0.2, 0) is 4.79 Å². The molecule has 22 heavy (non-hydrogen) atoms. The number of likely N-dealkylation sites (tertiary alicyclic amines) is 1. The zero-order chi connectivity index (χ0) is 15.2. The van der Waals surface area contributed by atoms with Crippen LogP contribution in [0.4, 0.5) is 0 Å². The third-order valence-corrected chi connectivity index (χ3v) is 5.70. The number of aromatic nitrogens is 1. The Morgan fingerprint density at radius 3 is 2.86 bits per heavy atom. The number of pyridine rings is 1. The Labute approximate surface area is 130 Å². The Morgan fingerprint density at radius 1 is 1.32 bits per heavy atom. The molecule has 1 aromatic heterocycles. The van der Waals surface area contributed by atoms with Crippen molar-refractivity contribution in [2.45, 2.75) is 44.1 Å². The third kappa shape index (κ3) is 2.52. The van der Waals surface area contributed by atoms with Gasteiger partial charge in [0.25, 0.3) is 0 Å². The fourth-order valence-electron chi connectivity index (χ4n) is 4.02. The standard InChI is InChI=1S/C17H23N3O2/c21-16(15-3-5-17(6-7-17)12-20(15)22)19-9-4-14(11-19)13-2-1-8-18-10-13/h1-2,8,10,14-15,22H,3-7,9,11-12H2/t14-,15+/m1/s1. The van der Waals surface area contributed by atoms with Gasteiger partial charge in [-0.2, -0.15) is 5.06 Å². The van der Waals surface area contributed by atoms with Crippen molar-refractivity contribution in [1.29, 1.82) is 0 Å². The minimum absolute atomic E-state index is 0.101. The van der Waals surface area contributed by atoms with Crippen molar-refractivity contribution in [2.75, 3.05) is 19.6 Å². The average molecular weight is 301 g/mol. The highest BCUT2D eigenvalue weighted by molar-refractivity contribution is 5.82. The molecule has 0 aromatic carbocycles. The molecule has 5 heteroatoms. The summed E-state index contributed by atoms with van der Waals surface area (Å²) in [5.41, 5.74) is 1.54. The summed E-state index contributed by atoms with van der Waals surface area (Å²) >= 11 is 0. The molecule has 3 aliphatic rings. The molecule has 0 radical (unpaired) electrons. The molecule has 118 valence electrons. The molecule has 2 saturated heterocycles. The maximum atomic E-state index is 12.7. The molecule has 4 rings (SSSR count). The molecule has 1 spiro atoms. The molecule has 1 aromatic rings. The second-order valence-corrected chi connectivity index (χ2v) is 7.21. The van der Waals surface area contributed by atoms with Crippen LogP contribution in [0.5, 0.6) is 0 Å². The molecule has 1 saturated carbocycles. The molecular formula is C17H23N3O2. The number of carbonyl (C=O) groups excluding carboxylic acids is 1. The number of amides is 1. The molecule has 1 aliphatic carbocycles. The number of nitrogens with zero attached hydrogens (tertiary/aromatic N) is 3. The Bertz CT molecular complexity index is 558. The fraction of sp³-hybridized carbons (Fsp3) is 0.647. The second-order valence-electron chi connectivity index (χ2n) is 7.21. The van der Waals surface area contributed by atoms with Gasteiger partial charge in [-0.05, 0) is 49.1 Å². The number of hydroxylamine groups is 2. The third-order valence-electron chi connectivity index (χ3n) is 5.70. The van der Waals surface area contributed by atoms with Gasteiger partial charge in [0.2, 0.25) is 5.91 Å². The SMILES string of the molecule is O=C([C@@H]1CCC2(CC2)CN1O)N1CC[C@@H](c2cccnc2)C1. The predicted molar refractivity (Wildman–Crippen MR) is 81.4 cm³/mol. The number of piperidine rings is 1. The van der Waals surface area contributed by atoms with Crippen LogP contribution in [0.15, 0.2) is 24.5 Å². The topological polar surface area (TPSA) is 56.7 Å². The monoisotopic (exact) mass is 301 g/mol. The summed E-state index contributed by atoms with van der Waals surface area (Å²) in [6, 6.07) is 3.70. The van der Waals surface area contributed by atoms with Gasteiger partial charge in [-0.25, -0.2) is 0 Å². The lowest BCUT2D eigenvalue weighted by Crippen LogP contribution is -2.51. The van der Waals surface area contributed by atoms with E-state index in [4.69, 9.17) is 0 Å². The highest BCUT2D eigenvalue weighted by Crippen LogP contribution is 2.52. The summed E-state index contributed by atoms with van der Waals surface area (Å²) in [5, 5.41) is 11.5. The largest absolute Gasteiger partial charge is 0.341 e. The molecule has 3 heterocycles. The van der Waals surface area contributed by atoms with Gasteiger partial charge in [-0.3, -0.25) is 9.78 Å². The van der Waals surface area contributed by atoms with Crippen LogP contribution in [0, 0.1) is 5.41 Å². The van der Waals surface area contributed by atoms with Crippen LogP contribution in [0.2, 0.25) is 0 Å². The highest BCUT2D eigenvalue weighted by Gasteiger charge is 2.50. The number of carbonyl (C=O) groups is 1. The lowest BCUT2D eigenvalue weighted by molar-refractivity contribution is -0.179. The molecule has 0 bridgehead atoms. The molecule has 0 unspecified atom stereocenters. The van der Waals surface area contributed by atoms with Gasteiger partial charge in [0.1, 0.15) is 6.04 Å². The maximum absolute atomic E-state index is 12.7. The van der Waals surface area contributed by atoms with Gasteiger partial charge in [0, 0.05) is 37.9 Å². The van der Waals surface area contributed by atoms with E-state index < -0.39 is 0 Å². The summed E-state index contributed by atoms with van der Waals surface area (Å²) in [6.45, 7) is 2.21. The number of hydrogen-bond donors (Lipinski definition) is 1. The van der Waals surface area contributed by atoms with Crippen LogP contribution >= 0.6 is 0 Å². The lowest BCUT2D eigenvalue weighted by Gasteiger charge is -2.36. The van der Waals surface area contributed by atoms with E-state index in [1.165, 1.54) is 23.5 Å². The first-order valence-electron chi connectivity index (χ1n) is 8.31. The Morgan fingerprint density at radius 2 is 2.18 bits per heavy atom. The molecule has 2 aliphatic heterocycles. The first kappa shape index (κ1) is 14.2. The second kappa shape index (κ2) is 5.32. The fourth-order valence-corrected chi connectivity index (χ4v) is 4.02. The van der Waals surface area contributed by atoms with Gasteiger partial charge < -0.3 is 10.1 Å². The van der Waals surface area contributed by atoms with Crippen molar-refractivity contribution in [1.82, 2.24) is 14.9 Å². The van der Waals surface area contributed by atoms with Crippen molar-refractivity contribution in [3.8, 4) is 0 Å². The van der Waals surface area contributed by atoms with E-state index in [9.17, 15) is 10.0 Å². The minimum atomic E-state index is -0.334. The molecule has 3 fully saturated rings. The zero-order valence-corrected chi connectivity index (χ0v) is 12.8. The minimum Gasteiger partial charge on any atom is -0.341 e. The van der Waals surface area contributed by atoms with E-state index in [0.717, 1.165) is 32.4 Å². The molecule has 1 amide bonds. The van der Waals surface area contributed by atoms with Crippen molar-refractivity contribution in [2.24, 2.45) is 5.41 Å². The average Bonchev–Trinajstić information content (AvgIpc) is 3.10. The Hall–Kier alpha value is -1.46. The summed E-state index contributed by atoms with van der Waals surface area (Å²) in [5.74, 6) is 0.479. The highest BCUT2D eigenvalue weighted by atomic mass is 16.5. The van der Waals surface area contributed by atoms with Gasteiger partial charge >= 0.3 is 0 Å². The van der Waals surface area contributed by atoms with Crippen LogP contribution in [-0.4, -0.2) is 51.7 Å². The smallest absolute Gasteiger partial charge is 0.242 e. The van der Waals surface area contributed by atoms with Crippen LogP contribution in [0.25, 0.3) is 0 Å². The van der Waals surface area contributed by atoms with Gasteiger partial charge in [-0.15, -0.1) is 0 Å². The first-order chi connectivity index (χ1) is 10.7. The zero-order valence-electron chi connectivity index (χ0n) is 12.8. The predicted octanol–water partition coefficient (Wildman–Crippen LogP) is 2.03. The van der Waals surface area contributed by atoms with Crippen molar-refractivity contribution in [3.05, 3.63) is 30.1 Å². The molecule has 1 N–H and O–H groups in total. The number of rotatable bonds is 2. The normalized spacial score (nSPS) is 30.7. The Kier molecular flexibility index (Phi) is 3.42.